The first-order valence-corrected chi connectivity index (χ1v) is 6.03. The van der Waals surface area contributed by atoms with Crippen LogP contribution in [0.2, 0.25) is 0 Å². The molecule has 1 heterocycles. The van der Waals surface area contributed by atoms with E-state index in [9.17, 15) is 4.79 Å². The van der Waals surface area contributed by atoms with Gasteiger partial charge >= 0.3 is 0 Å². The highest BCUT2D eigenvalue weighted by Gasteiger charge is 2.24. The second-order valence-electron chi connectivity index (χ2n) is 4.78. The second kappa shape index (κ2) is 6.23. The molecule has 1 rings (SSSR count). The Morgan fingerprint density at radius 2 is 2.20 bits per heavy atom. The van der Waals surface area contributed by atoms with Crippen LogP contribution in [0.3, 0.4) is 0 Å². The van der Waals surface area contributed by atoms with Crippen molar-refractivity contribution in [3.8, 4) is 0 Å². The average molecular weight is 212 g/mol. The van der Waals surface area contributed by atoms with Crippen molar-refractivity contribution in [2.24, 2.45) is 5.92 Å². The third-order valence-corrected chi connectivity index (χ3v) is 3.18. The van der Waals surface area contributed by atoms with Gasteiger partial charge in [0.05, 0.1) is 0 Å². The number of Topliss-reactive ketones (excluding diaryl/α,β-unsaturated/α-hetero) is 1. The van der Waals surface area contributed by atoms with Crippen LogP contribution in [0.1, 0.15) is 26.2 Å². The molecule has 0 aromatic rings. The summed E-state index contributed by atoms with van der Waals surface area (Å²) in [5.74, 6) is 0.777. The van der Waals surface area contributed by atoms with Crippen LogP contribution in [0.5, 0.6) is 0 Å². The van der Waals surface area contributed by atoms with E-state index in [1.165, 1.54) is 6.42 Å². The van der Waals surface area contributed by atoms with E-state index in [1.54, 1.807) is 0 Å². The smallest absolute Gasteiger partial charge is 0.138 e. The van der Waals surface area contributed by atoms with Gasteiger partial charge in [0, 0.05) is 25.4 Å². The summed E-state index contributed by atoms with van der Waals surface area (Å²) in [4.78, 5) is 16.2. The monoisotopic (exact) mass is 212 g/mol. The summed E-state index contributed by atoms with van der Waals surface area (Å²) < 4.78 is 0. The summed E-state index contributed by atoms with van der Waals surface area (Å²) in [6.45, 7) is 6.36. The molecule has 0 aromatic heterocycles. The third-order valence-electron chi connectivity index (χ3n) is 3.18. The quantitative estimate of drug-likeness (QED) is 0.685. The van der Waals surface area contributed by atoms with Crippen molar-refractivity contribution in [3.63, 3.8) is 0 Å². The van der Waals surface area contributed by atoms with E-state index in [2.05, 4.69) is 30.8 Å². The van der Waals surface area contributed by atoms with Crippen LogP contribution >= 0.6 is 0 Å². The molecule has 0 bridgehead atoms. The second-order valence-corrected chi connectivity index (χ2v) is 4.78. The molecule has 0 spiro atoms. The molecule has 1 saturated heterocycles. The Morgan fingerprint density at radius 1 is 1.47 bits per heavy atom. The fraction of sp³-hybridized carbons (Fsp3) is 0.917. The first kappa shape index (κ1) is 12.7. The Kier molecular flexibility index (Phi) is 5.26. The van der Waals surface area contributed by atoms with E-state index < -0.39 is 0 Å². The van der Waals surface area contributed by atoms with Gasteiger partial charge in [0.25, 0.3) is 0 Å². The van der Waals surface area contributed by atoms with Crippen LogP contribution in [-0.4, -0.2) is 55.9 Å². The lowest BCUT2D eigenvalue weighted by Gasteiger charge is -2.31. The zero-order chi connectivity index (χ0) is 11.3. The van der Waals surface area contributed by atoms with E-state index in [1.807, 2.05) is 0 Å². The highest BCUT2D eigenvalue weighted by atomic mass is 16.1. The molecule has 15 heavy (non-hydrogen) atoms. The third kappa shape index (κ3) is 4.31. The van der Waals surface area contributed by atoms with Gasteiger partial charge < -0.3 is 9.80 Å². The van der Waals surface area contributed by atoms with E-state index in [0.29, 0.717) is 11.7 Å². The summed E-state index contributed by atoms with van der Waals surface area (Å²) >= 11 is 0. The molecule has 1 fully saturated rings. The van der Waals surface area contributed by atoms with Crippen molar-refractivity contribution in [1.29, 1.82) is 0 Å². The average Bonchev–Trinajstić information content (AvgIpc) is 2.20. The molecule has 0 radical (unpaired) electrons. The lowest BCUT2D eigenvalue weighted by molar-refractivity contribution is -0.126. The fourth-order valence-corrected chi connectivity index (χ4v) is 2.15. The maximum Gasteiger partial charge on any atom is 0.138 e. The predicted molar refractivity (Wildman–Crippen MR) is 63.0 cm³/mol. The normalized spacial score (nSPS) is 23.7. The minimum Gasteiger partial charge on any atom is -0.309 e. The molecule has 3 heteroatoms. The number of piperidine rings is 1. The number of hydrogen-bond donors (Lipinski definition) is 0. The number of nitrogens with zero attached hydrogens (tertiary/aromatic N) is 2. The highest BCUT2D eigenvalue weighted by Crippen LogP contribution is 2.15. The van der Waals surface area contributed by atoms with Gasteiger partial charge in [0.1, 0.15) is 5.78 Å². The predicted octanol–water partition coefficient (Wildman–Crippen LogP) is 1.24. The molecule has 0 saturated carbocycles. The van der Waals surface area contributed by atoms with Crippen LogP contribution in [0.15, 0.2) is 0 Å². The van der Waals surface area contributed by atoms with Gasteiger partial charge in [-0.25, -0.2) is 0 Å². The molecule has 3 nitrogen and oxygen atoms in total. The molecular formula is C12H24N2O. The fourth-order valence-electron chi connectivity index (χ4n) is 2.15. The van der Waals surface area contributed by atoms with Crippen molar-refractivity contribution in [2.45, 2.75) is 26.2 Å². The van der Waals surface area contributed by atoms with E-state index in [-0.39, 0.29) is 0 Å². The van der Waals surface area contributed by atoms with Crippen molar-refractivity contribution < 1.29 is 4.79 Å². The summed E-state index contributed by atoms with van der Waals surface area (Å²) in [5, 5.41) is 0. The van der Waals surface area contributed by atoms with E-state index >= 15 is 0 Å². The number of ketones is 1. The number of carbonyl (C=O) groups excluding carboxylic acids is 1. The van der Waals surface area contributed by atoms with E-state index in [4.69, 9.17) is 0 Å². The molecule has 1 atom stereocenters. The number of carbonyl (C=O) groups is 1. The molecule has 0 amide bonds. The largest absolute Gasteiger partial charge is 0.309 e. The van der Waals surface area contributed by atoms with Gasteiger partial charge in [0.15, 0.2) is 0 Å². The molecule has 1 unspecified atom stereocenters. The van der Waals surface area contributed by atoms with Crippen LogP contribution in [0.4, 0.5) is 0 Å². The topological polar surface area (TPSA) is 23.6 Å². The van der Waals surface area contributed by atoms with Gasteiger partial charge in [-0.15, -0.1) is 0 Å². The van der Waals surface area contributed by atoms with Crippen molar-refractivity contribution >= 4 is 5.78 Å². The maximum atomic E-state index is 11.5. The molecule has 0 aromatic carbocycles. The van der Waals surface area contributed by atoms with Crippen molar-refractivity contribution in [1.82, 2.24) is 9.80 Å². The minimum absolute atomic E-state index is 0.304. The number of rotatable bonds is 5. The lowest BCUT2D eigenvalue weighted by Crippen LogP contribution is -2.41. The van der Waals surface area contributed by atoms with Crippen LogP contribution < -0.4 is 0 Å². The summed E-state index contributed by atoms with van der Waals surface area (Å²) in [5.41, 5.74) is 0. The molecule has 88 valence electrons. The molecule has 0 N–H and O–H groups in total. The van der Waals surface area contributed by atoms with Gasteiger partial charge in [-0.2, -0.15) is 0 Å². The first-order chi connectivity index (χ1) is 7.13. The Labute approximate surface area is 93.4 Å². The van der Waals surface area contributed by atoms with E-state index in [0.717, 1.165) is 39.0 Å². The Bertz CT molecular complexity index is 204. The first-order valence-electron chi connectivity index (χ1n) is 6.03. The van der Waals surface area contributed by atoms with Crippen LogP contribution in [0.25, 0.3) is 0 Å². The molecule has 1 aliphatic heterocycles. The Morgan fingerprint density at radius 3 is 2.80 bits per heavy atom. The Hall–Kier alpha value is -0.410. The van der Waals surface area contributed by atoms with Crippen molar-refractivity contribution in [2.75, 3.05) is 40.3 Å². The SMILES string of the molecule is CCC1CN(CCCN(C)C)CCC1=O. The maximum absolute atomic E-state index is 11.5. The van der Waals surface area contributed by atoms with Crippen molar-refractivity contribution in [3.05, 3.63) is 0 Å². The minimum atomic E-state index is 0.304. The number of likely N-dealkylation sites (tertiary alicyclic amines) is 1. The van der Waals surface area contributed by atoms with Gasteiger partial charge in [-0.05, 0) is 40.0 Å². The zero-order valence-electron chi connectivity index (χ0n) is 10.3. The molecule has 1 aliphatic rings. The van der Waals surface area contributed by atoms with Gasteiger partial charge in [-0.3, -0.25) is 4.79 Å². The zero-order valence-corrected chi connectivity index (χ0v) is 10.3. The summed E-state index contributed by atoms with van der Waals surface area (Å²) in [6.07, 6.45) is 2.97. The van der Waals surface area contributed by atoms with Gasteiger partial charge in [-0.1, -0.05) is 6.92 Å². The van der Waals surface area contributed by atoms with Gasteiger partial charge in [0.2, 0.25) is 0 Å². The summed E-state index contributed by atoms with van der Waals surface area (Å²) in [6, 6.07) is 0. The highest BCUT2D eigenvalue weighted by molar-refractivity contribution is 5.82. The van der Waals surface area contributed by atoms with Crippen LogP contribution in [0, 0.1) is 5.92 Å². The molecular weight excluding hydrogens is 188 g/mol. The van der Waals surface area contributed by atoms with Crippen LogP contribution in [-0.2, 0) is 4.79 Å². The molecule has 0 aliphatic carbocycles. The Balaban J connectivity index is 2.23. The lowest BCUT2D eigenvalue weighted by atomic mass is 9.94. The summed E-state index contributed by atoms with van der Waals surface area (Å²) in [7, 11) is 4.21. The number of hydrogen-bond acceptors (Lipinski definition) is 3. The standard InChI is InChI=1S/C12H24N2O/c1-4-11-10-14(9-6-12(11)15)8-5-7-13(2)3/h11H,4-10H2,1-3H3.